The number of aryl methyl sites for hydroxylation is 1. The van der Waals surface area contributed by atoms with Crippen molar-refractivity contribution in [3.8, 4) is 5.75 Å². The lowest BCUT2D eigenvalue weighted by atomic mass is 10.0. The summed E-state index contributed by atoms with van der Waals surface area (Å²) < 4.78 is 5.81. The second-order valence-corrected chi connectivity index (χ2v) is 9.09. The quantitative estimate of drug-likeness (QED) is 0.251. The summed E-state index contributed by atoms with van der Waals surface area (Å²) in [5, 5.41) is 12.2. The Kier molecular flexibility index (Phi) is 11.5. The zero-order valence-electron chi connectivity index (χ0n) is 20.8. The van der Waals surface area contributed by atoms with Gasteiger partial charge in [-0.2, -0.15) is 0 Å². The van der Waals surface area contributed by atoms with E-state index >= 15 is 0 Å². The maximum Gasteiger partial charge on any atom is 0.303 e. The van der Waals surface area contributed by atoms with E-state index in [1.165, 1.54) is 5.56 Å². The van der Waals surface area contributed by atoms with Crippen LogP contribution in [0.5, 0.6) is 5.75 Å². The molecule has 190 valence electrons. The van der Waals surface area contributed by atoms with Crippen molar-refractivity contribution >= 4 is 11.9 Å². The SMILES string of the molecule is O=C(O)CCC(Cc1ccc(OCc2cccnc2)cc1)NC(=O)CCCCCCc1ccccc1. The zero-order chi connectivity index (χ0) is 25.4. The Morgan fingerprint density at radius 3 is 2.31 bits per heavy atom. The van der Waals surface area contributed by atoms with Crippen LogP contribution in [0.1, 0.15) is 61.6 Å². The molecule has 0 aliphatic rings. The fourth-order valence-electron chi connectivity index (χ4n) is 4.09. The molecule has 1 atom stereocenters. The molecular weight excluding hydrogens is 452 g/mol. The molecule has 6 heteroatoms. The number of unbranched alkanes of at least 4 members (excludes halogenated alkanes) is 3. The summed E-state index contributed by atoms with van der Waals surface area (Å²) >= 11 is 0. The Balaban J connectivity index is 1.40. The van der Waals surface area contributed by atoms with Crippen LogP contribution in [-0.2, 0) is 29.0 Å². The van der Waals surface area contributed by atoms with E-state index in [-0.39, 0.29) is 18.4 Å². The smallest absolute Gasteiger partial charge is 0.303 e. The van der Waals surface area contributed by atoms with Crippen LogP contribution in [0, 0.1) is 0 Å². The molecule has 0 spiro atoms. The van der Waals surface area contributed by atoms with Crippen molar-refractivity contribution in [1.82, 2.24) is 10.3 Å². The third-order valence-electron chi connectivity index (χ3n) is 6.07. The lowest BCUT2D eigenvalue weighted by Gasteiger charge is -2.18. The Morgan fingerprint density at radius 2 is 1.58 bits per heavy atom. The van der Waals surface area contributed by atoms with Crippen molar-refractivity contribution in [2.75, 3.05) is 0 Å². The van der Waals surface area contributed by atoms with Gasteiger partial charge < -0.3 is 15.2 Å². The fourth-order valence-corrected chi connectivity index (χ4v) is 4.09. The van der Waals surface area contributed by atoms with Gasteiger partial charge >= 0.3 is 5.97 Å². The number of hydrogen-bond acceptors (Lipinski definition) is 4. The summed E-state index contributed by atoms with van der Waals surface area (Å²) in [6.45, 7) is 0.441. The Hall–Kier alpha value is -3.67. The number of carboxylic acids is 1. The van der Waals surface area contributed by atoms with Gasteiger partial charge in [-0.1, -0.05) is 61.4 Å². The lowest BCUT2D eigenvalue weighted by molar-refractivity contribution is -0.137. The number of pyridine rings is 1. The summed E-state index contributed by atoms with van der Waals surface area (Å²) in [5.74, 6) is -0.113. The van der Waals surface area contributed by atoms with Gasteiger partial charge in [-0.3, -0.25) is 14.6 Å². The predicted octanol–water partition coefficient (Wildman–Crippen LogP) is 5.75. The summed E-state index contributed by atoms with van der Waals surface area (Å²) in [5.41, 5.74) is 3.37. The first-order valence-electron chi connectivity index (χ1n) is 12.7. The van der Waals surface area contributed by atoms with Gasteiger partial charge in [-0.05, 0) is 61.4 Å². The molecule has 0 bridgehead atoms. The largest absolute Gasteiger partial charge is 0.489 e. The Bertz CT molecular complexity index is 1040. The second-order valence-electron chi connectivity index (χ2n) is 9.09. The van der Waals surface area contributed by atoms with Crippen LogP contribution in [0.3, 0.4) is 0 Å². The topological polar surface area (TPSA) is 88.5 Å². The lowest BCUT2D eigenvalue weighted by Crippen LogP contribution is -2.36. The number of carboxylic acid groups (broad SMARTS) is 1. The highest BCUT2D eigenvalue weighted by atomic mass is 16.5. The van der Waals surface area contributed by atoms with Crippen molar-refractivity contribution in [3.63, 3.8) is 0 Å². The molecule has 2 aromatic carbocycles. The van der Waals surface area contributed by atoms with Gasteiger partial charge in [0.05, 0.1) is 0 Å². The third-order valence-corrected chi connectivity index (χ3v) is 6.07. The van der Waals surface area contributed by atoms with Crippen LogP contribution < -0.4 is 10.1 Å². The highest BCUT2D eigenvalue weighted by Gasteiger charge is 2.15. The van der Waals surface area contributed by atoms with E-state index in [2.05, 4.69) is 34.6 Å². The number of aromatic nitrogens is 1. The van der Waals surface area contributed by atoms with Crippen molar-refractivity contribution in [2.45, 2.75) is 70.4 Å². The number of hydrogen-bond donors (Lipinski definition) is 2. The molecule has 0 aliphatic carbocycles. The first kappa shape index (κ1) is 26.9. The summed E-state index contributed by atoms with van der Waals surface area (Å²) in [4.78, 5) is 27.7. The average molecular weight is 489 g/mol. The third kappa shape index (κ3) is 10.7. The minimum Gasteiger partial charge on any atom is -0.489 e. The van der Waals surface area contributed by atoms with E-state index in [0.29, 0.717) is 25.9 Å². The molecule has 1 unspecified atom stereocenters. The van der Waals surface area contributed by atoms with Crippen LogP contribution in [0.4, 0.5) is 0 Å². The maximum atomic E-state index is 12.5. The monoisotopic (exact) mass is 488 g/mol. The second kappa shape index (κ2) is 15.4. The van der Waals surface area contributed by atoms with Crippen LogP contribution in [0.15, 0.2) is 79.1 Å². The van der Waals surface area contributed by atoms with Crippen molar-refractivity contribution in [1.29, 1.82) is 0 Å². The van der Waals surface area contributed by atoms with E-state index in [4.69, 9.17) is 9.84 Å². The van der Waals surface area contributed by atoms with E-state index in [1.807, 2.05) is 42.5 Å². The summed E-state index contributed by atoms with van der Waals surface area (Å²) in [7, 11) is 0. The molecule has 0 radical (unpaired) electrons. The zero-order valence-corrected chi connectivity index (χ0v) is 20.8. The van der Waals surface area contributed by atoms with Gasteiger partial charge in [0.2, 0.25) is 5.91 Å². The molecule has 0 saturated carbocycles. The molecule has 3 rings (SSSR count). The number of nitrogens with one attached hydrogen (secondary N) is 1. The molecule has 1 heterocycles. The number of ether oxygens (including phenoxy) is 1. The molecule has 0 fully saturated rings. The Morgan fingerprint density at radius 1 is 0.833 bits per heavy atom. The van der Waals surface area contributed by atoms with Crippen molar-refractivity contribution in [2.24, 2.45) is 0 Å². The molecule has 6 nitrogen and oxygen atoms in total. The minimum absolute atomic E-state index is 0.00938. The number of carbonyl (C=O) groups excluding carboxylic acids is 1. The van der Waals surface area contributed by atoms with Crippen LogP contribution in [0.2, 0.25) is 0 Å². The number of benzene rings is 2. The predicted molar refractivity (Wildman–Crippen MR) is 141 cm³/mol. The van der Waals surface area contributed by atoms with Gasteiger partial charge in [0.25, 0.3) is 0 Å². The molecular formula is C30H36N2O4. The van der Waals surface area contributed by atoms with Crippen LogP contribution in [-0.4, -0.2) is 28.0 Å². The normalized spacial score (nSPS) is 11.6. The van der Waals surface area contributed by atoms with E-state index in [9.17, 15) is 9.59 Å². The van der Waals surface area contributed by atoms with E-state index < -0.39 is 5.97 Å². The van der Waals surface area contributed by atoms with E-state index in [1.54, 1.807) is 12.4 Å². The van der Waals surface area contributed by atoms with Gasteiger partial charge in [0.15, 0.2) is 0 Å². The summed E-state index contributed by atoms with van der Waals surface area (Å²) in [6, 6.07) is 21.8. The van der Waals surface area contributed by atoms with Gasteiger partial charge in [0.1, 0.15) is 12.4 Å². The molecule has 1 aromatic heterocycles. The minimum atomic E-state index is -0.855. The fraction of sp³-hybridized carbons (Fsp3) is 0.367. The van der Waals surface area contributed by atoms with Crippen molar-refractivity contribution in [3.05, 3.63) is 95.8 Å². The molecule has 36 heavy (non-hydrogen) atoms. The number of nitrogens with zero attached hydrogens (tertiary/aromatic N) is 1. The number of aliphatic carboxylic acids is 1. The number of amides is 1. The standard InChI is InChI=1S/C30H36N2O4/c33-29(13-7-2-1-4-9-24-10-5-3-6-11-24)32-27(16-19-30(34)35)21-25-14-17-28(18-15-25)36-23-26-12-8-20-31-22-26/h3,5-6,8,10-12,14-15,17-18,20,22,27H,1-2,4,7,9,13,16,19,21,23H2,(H,32,33)(H,34,35). The van der Waals surface area contributed by atoms with Gasteiger partial charge in [0, 0.05) is 36.8 Å². The average Bonchev–Trinajstić information content (AvgIpc) is 2.90. The van der Waals surface area contributed by atoms with Crippen LogP contribution in [0.25, 0.3) is 0 Å². The van der Waals surface area contributed by atoms with Crippen LogP contribution >= 0.6 is 0 Å². The number of carbonyl (C=O) groups is 2. The van der Waals surface area contributed by atoms with Crippen molar-refractivity contribution < 1.29 is 19.4 Å². The molecule has 3 aromatic rings. The highest BCUT2D eigenvalue weighted by Crippen LogP contribution is 2.17. The first-order valence-corrected chi connectivity index (χ1v) is 12.7. The Labute approximate surface area is 213 Å². The molecule has 1 amide bonds. The molecule has 0 saturated heterocycles. The van der Waals surface area contributed by atoms with Gasteiger partial charge in [-0.25, -0.2) is 0 Å². The molecule has 0 aliphatic heterocycles. The number of rotatable bonds is 16. The van der Waals surface area contributed by atoms with E-state index in [0.717, 1.165) is 49.0 Å². The first-order chi connectivity index (χ1) is 17.6. The maximum absolute atomic E-state index is 12.5. The molecule has 2 N–H and O–H groups in total. The van der Waals surface area contributed by atoms with Gasteiger partial charge in [-0.15, -0.1) is 0 Å². The summed E-state index contributed by atoms with van der Waals surface area (Å²) in [6.07, 6.45) is 10.1. The highest BCUT2D eigenvalue weighted by molar-refractivity contribution is 5.76.